The SMILES string of the molecule is Cc1cc(C)c(NC(=S)Nc2ccc(F)c(Cl)c2)c(C)c1. The fourth-order valence-corrected chi connectivity index (χ4v) is 2.63. The highest BCUT2D eigenvalue weighted by Crippen LogP contribution is 2.23. The zero-order valence-electron chi connectivity index (χ0n) is 12.1. The molecule has 5 heteroatoms. The predicted molar refractivity (Wildman–Crippen MR) is 91.9 cm³/mol. The first-order valence-electron chi connectivity index (χ1n) is 6.47. The summed E-state index contributed by atoms with van der Waals surface area (Å²) in [7, 11) is 0. The van der Waals surface area contributed by atoms with Crippen LogP contribution >= 0.6 is 23.8 Å². The van der Waals surface area contributed by atoms with Crippen molar-refractivity contribution in [3.63, 3.8) is 0 Å². The summed E-state index contributed by atoms with van der Waals surface area (Å²) in [5.41, 5.74) is 5.06. The maximum atomic E-state index is 13.1. The Morgan fingerprint density at radius 3 is 2.24 bits per heavy atom. The van der Waals surface area contributed by atoms with E-state index < -0.39 is 5.82 Å². The Balaban J connectivity index is 2.13. The van der Waals surface area contributed by atoms with E-state index in [1.165, 1.54) is 17.7 Å². The van der Waals surface area contributed by atoms with Crippen molar-refractivity contribution < 1.29 is 4.39 Å². The Hall–Kier alpha value is -1.65. The molecule has 21 heavy (non-hydrogen) atoms. The smallest absolute Gasteiger partial charge is 0.175 e. The maximum absolute atomic E-state index is 13.1. The van der Waals surface area contributed by atoms with Gasteiger partial charge in [0.2, 0.25) is 0 Å². The largest absolute Gasteiger partial charge is 0.332 e. The Kier molecular flexibility index (Phi) is 4.80. The van der Waals surface area contributed by atoms with Crippen LogP contribution in [-0.2, 0) is 0 Å². The number of thiocarbonyl (C=S) groups is 1. The quantitative estimate of drug-likeness (QED) is 0.742. The molecule has 0 aliphatic rings. The lowest BCUT2D eigenvalue weighted by Gasteiger charge is -2.16. The summed E-state index contributed by atoms with van der Waals surface area (Å²) in [6.45, 7) is 6.11. The van der Waals surface area contributed by atoms with Crippen LogP contribution in [0.2, 0.25) is 5.02 Å². The Labute approximate surface area is 134 Å². The van der Waals surface area contributed by atoms with E-state index in [0.29, 0.717) is 10.8 Å². The van der Waals surface area contributed by atoms with E-state index in [1.54, 1.807) is 6.07 Å². The van der Waals surface area contributed by atoms with Crippen LogP contribution in [0, 0.1) is 26.6 Å². The van der Waals surface area contributed by atoms with Crippen LogP contribution in [0.3, 0.4) is 0 Å². The average Bonchev–Trinajstić information content (AvgIpc) is 2.38. The molecule has 2 aromatic rings. The number of halogens is 2. The highest BCUT2D eigenvalue weighted by molar-refractivity contribution is 7.80. The second-order valence-corrected chi connectivity index (χ2v) is 5.80. The van der Waals surface area contributed by atoms with Crippen LogP contribution in [0.25, 0.3) is 0 Å². The molecule has 0 aliphatic heterocycles. The topological polar surface area (TPSA) is 24.1 Å². The molecule has 0 aromatic heterocycles. The molecular formula is C16H16ClFN2S. The molecule has 0 aliphatic carbocycles. The van der Waals surface area contributed by atoms with E-state index in [2.05, 4.69) is 29.7 Å². The number of hydrogen-bond donors (Lipinski definition) is 2. The van der Waals surface area contributed by atoms with Crippen LogP contribution in [0.4, 0.5) is 15.8 Å². The second-order valence-electron chi connectivity index (χ2n) is 4.98. The summed E-state index contributed by atoms with van der Waals surface area (Å²) in [5, 5.41) is 6.67. The van der Waals surface area contributed by atoms with E-state index in [9.17, 15) is 4.39 Å². The summed E-state index contributed by atoms with van der Waals surface area (Å²) in [6.07, 6.45) is 0. The van der Waals surface area contributed by atoms with E-state index in [0.717, 1.165) is 16.8 Å². The summed E-state index contributed by atoms with van der Waals surface area (Å²) < 4.78 is 13.1. The molecule has 0 amide bonds. The van der Waals surface area contributed by atoms with Gasteiger partial charge < -0.3 is 10.6 Å². The van der Waals surface area contributed by atoms with Crippen LogP contribution in [0.5, 0.6) is 0 Å². The number of rotatable bonds is 2. The van der Waals surface area contributed by atoms with Gasteiger partial charge in [0.05, 0.1) is 5.02 Å². The molecule has 0 saturated heterocycles. The average molecular weight is 323 g/mol. The van der Waals surface area contributed by atoms with Crippen molar-refractivity contribution in [2.24, 2.45) is 0 Å². The Morgan fingerprint density at radius 1 is 1.05 bits per heavy atom. The molecule has 2 rings (SSSR count). The number of aryl methyl sites for hydroxylation is 3. The molecule has 0 saturated carbocycles. The van der Waals surface area contributed by atoms with Gasteiger partial charge >= 0.3 is 0 Å². The van der Waals surface area contributed by atoms with Crippen molar-refractivity contribution in [1.82, 2.24) is 0 Å². The van der Waals surface area contributed by atoms with Crippen molar-refractivity contribution in [2.75, 3.05) is 10.6 Å². The van der Waals surface area contributed by atoms with Crippen molar-refractivity contribution in [2.45, 2.75) is 20.8 Å². The Bertz CT molecular complexity index is 678. The minimum atomic E-state index is -0.452. The summed E-state index contributed by atoms with van der Waals surface area (Å²) >= 11 is 11.0. The van der Waals surface area contributed by atoms with Gasteiger partial charge in [0, 0.05) is 11.4 Å². The molecule has 0 heterocycles. The molecule has 2 N–H and O–H groups in total. The molecular weight excluding hydrogens is 307 g/mol. The normalized spacial score (nSPS) is 10.3. The number of anilines is 2. The lowest BCUT2D eigenvalue weighted by molar-refractivity contribution is 0.628. The lowest BCUT2D eigenvalue weighted by Crippen LogP contribution is -2.20. The minimum Gasteiger partial charge on any atom is -0.332 e. The van der Waals surface area contributed by atoms with Crippen LogP contribution in [-0.4, -0.2) is 5.11 Å². The van der Waals surface area contributed by atoms with Gasteiger partial charge in [-0.05, 0) is 62.3 Å². The molecule has 2 aromatic carbocycles. The van der Waals surface area contributed by atoms with Crippen molar-refractivity contribution in [1.29, 1.82) is 0 Å². The van der Waals surface area contributed by atoms with Crippen LogP contribution < -0.4 is 10.6 Å². The fourth-order valence-electron chi connectivity index (χ4n) is 2.23. The maximum Gasteiger partial charge on any atom is 0.175 e. The van der Waals surface area contributed by atoms with Crippen molar-refractivity contribution >= 4 is 40.3 Å². The molecule has 0 atom stereocenters. The van der Waals surface area contributed by atoms with E-state index in [-0.39, 0.29) is 5.02 Å². The standard InChI is InChI=1S/C16H16ClFN2S/c1-9-6-10(2)15(11(3)7-9)20-16(21)19-12-4-5-14(18)13(17)8-12/h4-8H,1-3H3,(H2,19,20,21). The van der Waals surface area contributed by atoms with Gasteiger partial charge in [0.15, 0.2) is 5.11 Å². The highest BCUT2D eigenvalue weighted by atomic mass is 35.5. The van der Waals surface area contributed by atoms with Gasteiger partial charge in [0.25, 0.3) is 0 Å². The molecule has 0 spiro atoms. The predicted octanol–water partition coefficient (Wildman–Crippen LogP) is 5.21. The molecule has 2 nitrogen and oxygen atoms in total. The van der Waals surface area contributed by atoms with Gasteiger partial charge in [-0.15, -0.1) is 0 Å². The van der Waals surface area contributed by atoms with E-state index >= 15 is 0 Å². The van der Waals surface area contributed by atoms with Crippen LogP contribution in [0.1, 0.15) is 16.7 Å². The van der Waals surface area contributed by atoms with Gasteiger partial charge in [-0.2, -0.15) is 0 Å². The summed E-state index contributed by atoms with van der Waals surface area (Å²) in [6, 6.07) is 8.57. The van der Waals surface area contributed by atoms with Gasteiger partial charge in [-0.1, -0.05) is 29.3 Å². The van der Waals surface area contributed by atoms with Crippen molar-refractivity contribution in [3.8, 4) is 0 Å². The number of hydrogen-bond acceptors (Lipinski definition) is 1. The highest BCUT2D eigenvalue weighted by Gasteiger charge is 2.07. The third-order valence-electron chi connectivity index (χ3n) is 3.09. The molecule has 0 bridgehead atoms. The second kappa shape index (κ2) is 6.41. The van der Waals surface area contributed by atoms with Gasteiger partial charge in [-0.3, -0.25) is 0 Å². The summed E-state index contributed by atoms with van der Waals surface area (Å²) in [4.78, 5) is 0. The third-order valence-corrected chi connectivity index (χ3v) is 3.59. The molecule has 110 valence electrons. The first-order valence-corrected chi connectivity index (χ1v) is 7.26. The fraction of sp³-hybridized carbons (Fsp3) is 0.188. The van der Waals surface area contributed by atoms with E-state index in [1.807, 2.05) is 13.8 Å². The van der Waals surface area contributed by atoms with E-state index in [4.69, 9.17) is 23.8 Å². The zero-order chi connectivity index (χ0) is 15.6. The van der Waals surface area contributed by atoms with Crippen LogP contribution in [0.15, 0.2) is 30.3 Å². The first-order chi connectivity index (χ1) is 9.86. The monoisotopic (exact) mass is 322 g/mol. The number of benzene rings is 2. The number of nitrogens with one attached hydrogen (secondary N) is 2. The first kappa shape index (κ1) is 15.7. The molecule has 0 radical (unpaired) electrons. The summed E-state index contributed by atoms with van der Waals surface area (Å²) in [5.74, 6) is -0.452. The van der Waals surface area contributed by atoms with Gasteiger partial charge in [-0.25, -0.2) is 4.39 Å². The third kappa shape index (κ3) is 3.93. The Morgan fingerprint density at radius 2 is 1.67 bits per heavy atom. The lowest BCUT2D eigenvalue weighted by atomic mass is 10.1. The zero-order valence-corrected chi connectivity index (χ0v) is 13.6. The molecule has 0 unspecified atom stereocenters. The van der Waals surface area contributed by atoms with Crippen molar-refractivity contribution in [3.05, 3.63) is 57.9 Å². The minimum absolute atomic E-state index is 0.0606. The molecule has 0 fully saturated rings. The van der Waals surface area contributed by atoms with Gasteiger partial charge in [0.1, 0.15) is 5.82 Å².